The molecule has 3 aromatic rings. The van der Waals surface area contributed by atoms with Crippen LogP contribution in [0.5, 0.6) is 0 Å². The Morgan fingerprint density at radius 3 is 2.63 bits per heavy atom. The van der Waals surface area contributed by atoms with Gasteiger partial charge in [-0.3, -0.25) is 4.79 Å². The maximum atomic E-state index is 13.3. The minimum Gasteiger partial charge on any atom is -0.467 e. The molecule has 1 fully saturated rings. The maximum absolute atomic E-state index is 13.3. The van der Waals surface area contributed by atoms with Crippen LogP contribution in [0, 0.1) is 0 Å². The first-order chi connectivity index (χ1) is 14.3. The summed E-state index contributed by atoms with van der Waals surface area (Å²) in [5, 5.41) is 2.51. The first-order valence-corrected chi connectivity index (χ1v) is 12.6. The molecule has 1 aromatic carbocycles. The van der Waals surface area contributed by atoms with Crippen molar-refractivity contribution < 1.29 is 17.6 Å². The standard InChI is InChI=1S/C22H24N2O4S2/c1-15(2)16-5-7-17(8-6-16)21-23-20(13-29-21)22(25)24(12-19-4-3-10-28-19)18-9-11-30(26,27)14-18/h3-8,10,13,15,18H,9,11-12,14H2,1-2H3/t18-/m1/s1. The molecule has 1 aliphatic rings. The molecule has 1 amide bonds. The van der Waals surface area contributed by atoms with Crippen LogP contribution >= 0.6 is 11.3 Å². The first-order valence-electron chi connectivity index (χ1n) is 9.92. The number of rotatable bonds is 6. The number of thiazole rings is 1. The van der Waals surface area contributed by atoms with E-state index in [1.807, 2.05) is 12.1 Å². The lowest BCUT2D eigenvalue weighted by Gasteiger charge is -2.26. The number of sulfone groups is 1. The Morgan fingerprint density at radius 2 is 2.03 bits per heavy atom. The number of aromatic nitrogens is 1. The molecule has 0 spiro atoms. The van der Waals surface area contributed by atoms with Crippen LogP contribution in [-0.2, 0) is 16.4 Å². The monoisotopic (exact) mass is 444 g/mol. The third-order valence-electron chi connectivity index (χ3n) is 5.36. The van der Waals surface area contributed by atoms with Crippen molar-refractivity contribution in [3.63, 3.8) is 0 Å². The smallest absolute Gasteiger partial charge is 0.274 e. The molecule has 6 nitrogen and oxygen atoms in total. The summed E-state index contributed by atoms with van der Waals surface area (Å²) >= 11 is 1.41. The zero-order valence-electron chi connectivity index (χ0n) is 16.9. The van der Waals surface area contributed by atoms with E-state index in [1.165, 1.54) is 16.9 Å². The van der Waals surface area contributed by atoms with Crippen LogP contribution in [0.3, 0.4) is 0 Å². The number of furan rings is 1. The molecule has 0 aliphatic carbocycles. The molecule has 8 heteroatoms. The summed E-state index contributed by atoms with van der Waals surface area (Å²) in [4.78, 5) is 19.4. The highest BCUT2D eigenvalue weighted by atomic mass is 32.2. The van der Waals surface area contributed by atoms with Gasteiger partial charge in [0.25, 0.3) is 5.91 Å². The van der Waals surface area contributed by atoms with Gasteiger partial charge in [-0.25, -0.2) is 13.4 Å². The number of carbonyl (C=O) groups is 1. The minimum atomic E-state index is -3.13. The van der Waals surface area contributed by atoms with Gasteiger partial charge < -0.3 is 9.32 Å². The van der Waals surface area contributed by atoms with Crippen molar-refractivity contribution in [2.24, 2.45) is 0 Å². The molecule has 4 rings (SSSR count). The lowest BCUT2D eigenvalue weighted by atomic mass is 10.0. The molecule has 0 radical (unpaired) electrons. The van der Waals surface area contributed by atoms with Crippen LogP contribution in [-0.4, -0.2) is 41.8 Å². The van der Waals surface area contributed by atoms with Gasteiger partial charge in [0, 0.05) is 17.0 Å². The normalized spacial score (nSPS) is 18.0. The predicted octanol–water partition coefficient (Wildman–Crippen LogP) is 4.36. The quantitative estimate of drug-likeness (QED) is 0.564. The fraction of sp³-hybridized carbons (Fsp3) is 0.364. The minimum absolute atomic E-state index is 0.0207. The number of hydrogen-bond donors (Lipinski definition) is 0. The number of nitrogens with zero attached hydrogens (tertiary/aromatic N) is 2. The number of benzene rings is 1. The number of amides is 1. The Hall–Kier alpha value is -2.45. The first kappa shape index (κ1) is 20.8. The molecule has 0 unspecified atom stereocenters. The van der Waals surface area contributed by atoms with Crippen LogP contribution in [0.4, 0.5) is 0 Å². The molecular formula is C22H24N2O4S2. The van der Waals surface area contributed by atoms with E-state index in [2.05, 4.69) is 31.0 Å². The summed E-state index contributed by atoms with van der Waals surface area (Å²) < 4.78 is 29.4. The van der Waals surface area contributed by atoms with E-state index in [-0.39, 0.29) is 30.0 Å². The Kier molecular flexibility index (Phi) is 5.79. The van der Waals surface area contributed by atoms with E-state index in [1.54, 1.807) is 28.7 Å². The van der Waals surface area contributed by atoms with E-state index < -0.39 is 9.84 Å². The lowest BCUT2D eigenvalue weighted by molar-refractivity contribution is 0.0661. The van der Waals surface area contributed by atoms with Crippen LogP contribution in [0.2, 0.25) is 0 Å². The second-order valence-corrected chi connectivity index (χ2v) is 11.0. The van der Waals surface area contributed by atoms with Gasteiger partial charge in [-0.2, -0.15) is 0 Å². The average molecular weight is 445 g/mol. The summed E-state index contributed by atoms with van der Waals surface area (Å²) in [7, 11) is -3.13. The molecule has 1 aliphatic heterocycles. The third kappa shape index (κ3) is 4.49. The van der Waals surface area contributed by atoms with E-state index >= 15 is 0 Å². The average Bonchev–Trinajstić information content (AvgIpc) is 3.47. The Labute approximate surface area is 180 Å². The molecule has 158 valence electrons. The highest BCUT2D eigenvalue weighted by molar-refractivity contribution is 7.91. The molecule has 2 aromatic heterocycles. The molecule has 3 heterocycles. The van der Waals surface area contributed by atoms with Crippen molar-refractivity contribution in [1.29, 1.82) is 0 Å². The molecule has 1 saturated heterocycles. The van der Waals surface area contributed by atoms with Crippen molar-refractivity contribution in [2.75, 3.05) is 11.5 Å². The fourth-order valence-corrected chi connectivity index (χ4v) is 6.15. The highest BCUT2D eigenvalue weighted by Gasteiger charge is 2.36. The summed E-state index contributed by atoms with van der Waals surface area (Å²) in [6.45, 7) is 4.51. The molecule has 30 heavy (non-hydrogen) atoms. The zero-order chi connectivity index (χ0) is 21.3. The van der Waals surface area contributed by atoms with Crippen LogP contribution in [0.25, 0.3) is 10.6 Å². The molecule has 0 N–H and O–H groups in total. The van der Waals surface area contributed by atoms with E-state index in [9.17, 15) is 13.2 Å². The second-order valence-electron chi connectivity index (χ2n) is 7.88. The number of carbonyl (C=O) groups excluding carboxylic acids is 1. The van der Waals surface area contributed by atoms with E-state index in [4.69, 9.17) is 4.42 Å². The van der Waals surface area contributed by atoms with Gasteiger partial charge in [-0.1, -0.05) is 38.1 Å². The lowest BCUT2D eigenvalue weighted by Crippen LogP contribution is -2.40. The highest BCUT2D eigenvalue weighted by Crippen LogP contribution is 2.28. The van der Waals surface area contributed by atoms with Gasteiger partial charge in [-0.15, -0.1) is 11.3 Å². The zero-order valence-corrected chi connectivity index (χ0v) is 18.6. The Morgan fingerprint density at radius 1 is 1.27 bits per heavy atom. The summed E-state index contributed by atoms with van der Waals surface area (Å²) in [6.07, 6.45) is 1.98. The molecule has 1 atom stereocenters. The SMILES string of the molecule is CC(C)c1ccc(-c2nc(C(=O)N(Cc3ccco3)[C@@H]3CCS(=O)(=O)C3)cs2)cc1. The molecular weight excluding hydrogens is 420 g/mol. The van der Waals surface area contributed by atoms with Crippen molar-refractivity contribution in [1.82, 2.24) is 9.88 Å². The van der Waals surface area contributed by atoms with E-state index in [0.29, 0.717) is 23.8 Å². The van der Waals surface area contributed by atoms with Crippen molar-refractivity contribution >= 4 is 27.1 Å². The van der Waals surface area contributed by atoms with Gasteiger partial charge in [0.15, 0.2) is 9.84 Å². The van der Waals surface area contributed by atoms with Gasteiger partial charge in [-0.05, 0) is 30.0 Å². The largest absolute Gasteiger partial charge is 0.467 e. The van der Waals surface area contributed by atoms with Gasteiger partial charge in [0.05, 0.1) is 24.3 Å². The van der Waals surface area contributed by atoms with Gasteiger partial charge in [0.2, 0.25) is 0 Å². The molecule has 0 saturated carbocycles. The summed E-state index contributed by atoms with van der Waals surface area (Å²) in [5.41, 5.74) is 2.54. The summed E-state index contributed by atoms with van der Waals surface area (Å²) in [6, 6.07) is 11.4. The number of hydrogen-bond acceptors (Lipinski definition) is 6. The maximum Gasteiger partial charge on any atom is 0.274 e. The van der Waals surface area contributed by atoms with Crippen molar-refractivity contribution in [3.8, 4) is 10.6 Å². The van der Waals surface area contributed by atoms with Crippen LogP contribution < -0.4 is 0 Å². The summed E-state index contributed by atoms with van der Waals surface area (Å²) in [5.74, 6) is 0.879. The Bertz CT molecular complexity index is 1120. The van der Waals surface area contributed by atoms with Crippen molar-refractivity contribution in [2.45, 2.75) is 38.8 Å². The van der Waals surface area contributed by atoms with Crippen molar-refractivity contribution in [3.05, 3.63) is 65.1 Å². The predicted molar refractivity (Wildman–Crippen MR) is 117 cm³/mol. The third-order valence-corrected chi connectivity index (χ3v) is 8.01. The van der Waals surface area contributed by atoms with Gasteiger partial charge >= 0.3 is 0 Å². The fourth-order valence-electron chi connectivity index (χ4n) is 3.62. The van der Waals surface area contributed by atoms with Crippen LogP contribution in [0.1, 0.15) is 48.0 Å². The Balaban J connectivity index is 1.58. The topological polar surface area (TPSA) is 80.5 Å². The molecule has 0 bridgehead atoms. The van der Waals surface area contributed by atoms with Gasteiger partial charge in [0.1, 0.15) is 16.5 Å². The van der Waals surface area contributed by atoms with E-state index in [0.717, 1.165) is 10.6 Å². The second kappa shape index (κ2) is 8.35. The van der Waals surface area contributed by atoms with Crippen LogP contribution in [0.15, 0.2) is 52.5 Å².